The van der Waals surface area contributed by atoms with Gasteiger partial charge >= 0.3 is 0 Å². The fourth-order valence-corrected chi connectivity index (χ4v) is 3.65. The number of nitrogens with one attached hydrogen (secondary N) is 1. The van der Waals surface area contributed by atoms with Gasteiger partial charge in [0, 0.05) is 32.7 Å². The summed E-state index contributed by atoms with van der Waals surface area (Å²) in [6.45, 7) is 4.03. The number of ether oxygens (including phenoxy) is 1. The monoisotopic (exact) mass is 363 g/mol. The van der Waals surface area contributed by atoms with Crippen LogP contribution in [0.2, 0.25) is 0 Å². The van der Waals surface area contributed by atoms with Gasteiger partial charge in [-0.1, -0.05) is 11.3 Å². The Balaban J connectivity index is 1.56. The van der Waals surface area contributed by atoms with Crippen molar-refractivity contribution in [3.63, 3.8) is 0 Å². The van der Waals surface area contributed by atoms with Gasteiger partial charge in [-0.3, -0.25) is 9.59 Å². The van der Waals surface area contributed by atoms with E-state index in [1.807, 2.05) is 0 Å². The summed E-state index contributed by atoms with van der Waals surface area (Å²) in [4.78, 5) is 30.9. The SMILES string of the molecule is COc1nc(C)c(C(=O)NC[C@@H]2CCN(c3cnn(C)c(=O)c3)C2)s1. The molecular formula is C16H21N5O3S. The second-order valence-electron chi connectivity index (χ2n) is 6.08. The van der Waals surface area contributed by atoms with Crippen LogP contribution in [-0.4, -0.2) is 47.4 Å². The predicted octanol–water partition coefficient (Wildman–Crippen LogP) is 0.810. The van der Waals surface area contributed by atoms with Gasteiger partial charge in [-0.25, -0.2) is 9.67 Å². The van der Waals surface area contributed by atoms with E-state index >= 15 is 0 Å². The van der Waals surface area contributed by atoms with Gasteiger partial charge in [-0.2, -0.15) is 5.10 Å². The van der Waals surface area contributed by atoms with Gasteiger partial charge in [-0.05, 0) is 19.3 Å². The van der Waals surface area contributed by atoms with Crippen LogP contribution in [0.3, 0.4) is 0 Å². The summed E-state index contributed by atoms with van der Waals surface area (Å²) in [5, 5.41) is 7.53. The third kappa shape index (κ3) is 3.81. The third-order valence-electron chi connectivity index (χ3n) is 4.31. The number of hydrogen-bond acceptors (Lipinski definition) is 7. The lowest BCUT2D eigenvalue weighted by Crippen LogP contribution is -2.31. The molecule has 3 heterocycles. The molecule has 0 aliphatic carbocycles. The van der Waals surface area contributed by atoms with Crippen LogP contribution in [0.4, 0.5) is 5.69 Å². The normalized spacial score (nSPS) is 16.9. The van der Waals surface area contributed by atoms with E-state index in [1.54, 1.807) is 33.3 Å². The number of rotatable bonds is 5. The van der Waals surface area contributed by atoms with Crippen LogP contribution in [0.1, 0.15) is 21.8 Å². The largest absolute Gasteiger partial charge is 0.473 e. The molecule has 1 aliphatic rings. The first kappa shape index (κ1) is 17.4. The van der Waals surface area contributed by atoms with Crippen molar-refractivity contribution in [1.29, 1.82) is 0 Å². The number of carbonyl (C=O) groups excluding carboxylic acids is 1. The maximum absolute atomic E-state index is 12.3. The average molecular weight is 363 g/mol. The fraction of sp³-hybridized carbons (Fsp3) is 0.500. The zero-order chi connectivity index (χ0) is 18.0. The molecule has 1 amide bonds. The van der Waals surface area contributed by atoms with Gasteiger partial charge < -0.3 is 15.0 Å². The lowest BCUT2D eigenvalue weighted by atomic mass is 10.1. The van der Waals surface area contributed by atoms with Crippen LogP contribution in [0, 0.1) is 12.8 Å². The molecule has 1 N–H and O–H groups in total. The van der Waals surface area contributed by atoms with Gasteiger partial charge in [-0.15, -0.1) is 0 Å². The quantitative estimate of drug-likeness (QED) is 0.846. The molecule has 0 unspecified atom stereocenters. The van der Waals surface area contributed by atoms with Gasteiger partial charge in [0.05, 0.1) is 24.7 Å². The minimum atomic E-state index is -0.121. The molecule has 0 spiro atoms. The highest BCUT2D eigenvalue weighted by molar-refractivity contribution is 7.15. The molecule has 9 heteroatoms. The van der Waals surface area contributed by atoms with Crippen LogP contribution in [0.5, 0.6) is 5.19 Å². The van der Waals surface area contributed by atoms with Crippen molar-refractivity contribution in [3.8, 4) is 5.19 Å². The number of carbonyl (C=O) groups is 1. The Hall–Kier alpha value is -2.42. The summed E-state index contributed by atoms with van der Waals surface area (Å²) >= 11 is 1.25. The summed E-state index contributed by atoms with van der Waals surface area (Å²) in [5.41, 5.74) is 1.39. The molecule has 1 aliphatic heterocycles. The van der Waals surface area contributed by atoms with Crippen molar-refractivity contribution < 1.29 is 9.53 Å². The molecule has 0 aromatic carbocycles. The summed E-state index contributed by atoms with van der Waals surface area (Å²) in [6.07, 6.45) is 2.66. The molecular weight excluding hydrogens is 342 g/mol. The predicted molar refractivity (Wildman–Crippen MR) is 95.5 cm³/mol. The van der Waals surface area contributed by atoms with Gasteiger partial charge in [0.25, 0.3) is 16.7 Å². The standard InChI is InChI=1S/C16H21N5O3S/c1-10-14(25-16(19-10)24-3)15(23)17-7-11-4-5-21(9-11)12-6-13(22)20(2)18-8-12/h6,8,11H,4-5,7,9H2,1-3H3,(H,17,23)/t11-/m0/s1. The topological polar surface area (TPSA) is 89.3 Å². The van der Waals surface area contributed by atoms with Gasteiger partial charge in [0.2, 0.25) is 0 Å². The molecule has 1 atom stereocenters. The Labute approximate surface area is 149 Å². The third-order valence-corrected chi connectivity index (χ3v) is 5.43. The Bertz CT molecular complexity index is 831. The van der Waals surface area contributed by atoms with E-state index in [2.05, 4.69) is 20.3 Å². The van der Waals surface area contributed by atoms with Crippen LogP contribution in [0.15, 0.2) is 17.1 Å². The van der Waals surface area contributed by atoms with Crippen molar-refractivity contribution in [2.75, 3.05) is 31.6 Å². The zero-order valence-corrected chi connectivity index (χ0v) is 15.3. The van der Waals surface area contributed by atoms with Crippen LogP contribution in [0.25, 0.3) is 0 Å². The number of aryl methyl sites for hydroxylation is 2. The summed E-state index contributed by atoms with van der Waals surface area (Å²) < 4.78 is 6.38. The zero-order valence-electron chi connectivity index (χ0n) is 14.5. The minimum Gasteiger partial charge on any atom is -0.473 e. The van der Waals surface area contributed by atoms with Gasteiger partial charge in [0.1, 0.15) is 4.88 Å². The first-order valence-electron chi connectivity index (χ1n) is 8.06. The van der Waals surface area contributed by atoms with Crippen molar-refractivity contribution in [2.45, 2.75) is 13.3 Å². The summed E-state index contributed by atoms with van der Waals surface area (Å²) in [7, 11) is 3.17. The molecule has 0 radical (unpaired) electrons. The molecule has 2 aromatic heterocycles. The van der Waals surface area contributed by atoms with Crippen molar-refractivity contribution in [3.05, 3.63) is 33.2 Å². The number of amides is 1. The molecule has 3 rings (SSSR count). The first-order chi connectivity index (χ1) is 12.0. The van der Waals surface area contributed by atoms with E-state index in [9.17, 15) is 9.59 Å². The summed E-state index contributed by atoms with van der Waals surface area (Å²) in [6, 6.07) is 1.60. The number of anilines is 1. The first-order valence-corrected chi connectivity index (χ1v) is 8.87. The van der Waals surface area contributed by atoms with E-state index in [1.165, 1.54) is 16.0 Å². The summed E-state index contributed by atoms with van der Waals surface area (Å²) in [5.74, 6) is 0.218. The number of thiazole rings is 1. The van der Waals surface area contributed by atoms with E-state index in [0.29, 0.717) is 28.2 Å². The molecule has 25 heavy (non-hydrogen) atoms. The van der Waals surface area contributed by atoms with Gasteiger partial charge in [0.15, 0.2) is 0 Å². The smallest absolute Gasteiger partial charge is 0.273 e. The molecule has 0 saturated carbocycles. The second kappa shape index (κ2) is 7.22. The highest BCUT2D eigenvalue weighted by Crippen LogP contribution is 2.25. The van der Waals surface area contributed by atoms with E-state index in [0.717, 1.165) is 25.2 Å². The lowest BCUT2D eigenvalue weighted by molar-refractivity contribution is 0.0951. The molecule has 8 nitrogen and oxygen atoms in total. The Morgan fingerprint density at radius 2 is 2.32 bits per heavy atom. The van der Waals surface area contributed by atoms with Crippen LogP contribution in [-0.2, 0) is 7.05 Å². The van der Waals surface area contributed by atoms with Crippen molar-refractivity contribution in [2.24, 2.45) is 13.0 Å². The number of hydrogen-bond donors (Lipinski definition) is 1. The average Bonchev–Trinajstić information content (AvgIpc) is 3.21. The Kier molecular flexibility index (Phi) is 5.03. The van der Waals surface area contributed by atoms with Crippen molar-refractivity contribution in [1.82, 2.24) is 20.1 Å². The second-order valence-corrected chi connectivity index (χ2v) is 7.05. The highest BCUT2D eigenvalue weighted by Gasteiger charge is 2.24. The highest BCUT2D eigenvalue weighted by atomic mass is 32.1. The maximum Gasteiger partial charge on any atom is 0.273 e. The Morgan fingerprint density at radius 3 is 3.00 bits per heavy atom. The number of methoxy groups -OCH3 is 1. The molecule has 1 saturated heterocycles. The number of nitrogens with zero attached hydrogens (tertiary/aromatic N) is 4. The van der Waals surface area contributed by atoms with Crippen LogP contribution >= 0.6 is 11.3 Å². The molecule has 134 valence electrons. The molecule has 2 aromatic rings. The van der Waals surface area contributed by atoms with Crippen molar-refractivity contribution >= 4 is 22.9 Å². The Morgan fingerprint density at radius 1 is 1.52 bits per heavy atom. The van der Waals surface area contributed by atoms with E-state index in [4.69, 9.17) is 4.74 Å². The van der Waals surface area contributed by atoms with E-state index < -0.39 is 0 Å². The van der Waals surface area contributed by atoms with Crippen LogP contribution < -0.4 is 20.5 Å². The molecule has 1 fully saturated rings. The molecule has 0 bridgehead atoms. The van der Waals surface area contributed by atoms with E-state index in [-0.39, 0.29) is 11.5 Å². The fourth-order valence-electron chi connectivity index (χ4n) is 2.85. The number of aromatic nitrogens is 3. The minimum absolute atomic E-state index is 0.119. The maximum atomic E-state index is 12.3. The lowest BCUT2D eigenvalue weighted by Gasteiger charge is -2.18.